The molecule has 84 valence electrons. The lowest BCUT2D eigenvalue weighted by atomic mass is 10.1. The molecule has 0 saturated heterocycles. The van der Waals surface area contributed by atoms with Crippen molar-refractivity contribution in [1.82, 2.24) is 9.97 Å². The summed E-state index contributed by atoms with van der Waals surface area (Å²) in [5.41, 5.74) is 0. The van der Waals surface area contributed by atoms with Crippen molar-refractivity contribution in [3.8, 4) is 0 Å². The molecule has 0 amide bonds. The Morgan fingerprint density at radius 3 is 2.80 bits per heavy atom. The molecule has 0 bridgehead atoms. The average molecular weight is 293 g/mol. The van der Waals surface area contributed by atoms with E-state index in [0.717, 1.165) is 29.6 Å². The molecule has 0 aliphatic carbocycles. The second-order valence-corrected chi connectivity index (χ2v) is 4.52. The minimum Gasteiger partial charge on any atom is -0.366 e. The molecule has 0 radical (unpaired) electrons. The molecular formula is C10H15BrClN3. The highest BCUT2D eigenvalue weighted by Crippen LogP contribution is 2.27. The normalized spacial score (nSPS) is 12.5. The van der Waals surface area contributed by atoms with Crippen molar-refractivity contribution < 1.29 is 0 Å². The van der Waals surface area contributed by atoms with Gasteiger partial charge in [-0.25, -0.2) is 9.97 Å². The molecule has 0 aliphatic heterocycles. The van der Waals surface area contributed by atoms with Gasteiger partial charge in [0.05, 0.1) is 4.47 Å². The molecule has 1 heterocycles. The Morgan fingerprint density at radius 2 is 2.20 bits per heavy atom. The van der Waals surface area contributed by atoms with Gasteiger partial charge in [0.2, 0.25) is 0 Å². The second kappa shape index (κ2) is 6.28. The van der Waals surface area contributed by atoms with E-state index in [1.54, 1.807) is 0 Å². The Morgan fingerprint density at radius 1 is 1.47 bits per heavy atom. The molecule has 3 nitrogen and oxygen atoms in total. The molecule has 0 aromatic carbocycles. The van der Waals surface area contributed by atoms with Crippen molar-refractivity contribution in [2.24, 2.45) is 0 Å². The third-order valence-corrected chi connectivity index (χ3v) is 3.48. The smallest absolute Gasteiger partial charge is 0.148 e. The zero-order valence-electron chi connectivity index (χ0n) is 8.93. The van der Waals surface area contributed by atoms with E-state index in [-0.39, 0.29) is 0 Å². The number of hydrogen-bond acceptors (Lipinski definition) is 3. The second-order valence-electron chi connectivity index (χ2n) is 3.37. The standard InChI is InChI=1S/C10H15BrClN3/c1-3-5-7(4-2)15-10-8(11)9(12)13-6-14-10/h6-7H,3-5H2,1-2H3,(H,13,14,15). The molecule has 15 heavy (non-hydrogen) atoms. The van der Waals surface area contributed by atoms with Crippen molar-refractivity contribution in [3.63, 3.8) is 0 Å². The molecule has 0 aliphatic rings. The lowest BCUT2D eigenvalue weighted by Gasteiger charge is -2.17. The van der Waals surface area contributed by atoms with Crippen LogP contribution in [0.5, 0.6) is 0 Å². The molecule has 1 N–H and O–H groups in total. The third-order valence-electron chi connectivity index (χ3n) is 2.22. The number of hydrogen-bond donors (Lipinski definition) is 1. The topological polar surface area (TPSA) is 37.8 Å². The number of nitrogens with one attached hydrogen (secondary N) is 1. The lowest BCUT2D eigenvalue weighted by molar-refractivity contribution is 0.620. The van der Waals surface area contributed by atoms with Gasteiger partial charge in [-0.05, 0) is 28.8 Å². The average Bonchev–Trinajstić information content (AvgIpc) is 2.24. The molecular weight excluding hydrogens is 277 g/mol. The van der Waals surface area contributed by atoms with Crippen LogP contribution < -0.4 is 5.32 Å². The first-order valence-electron chi connectivity index (χ1n) is 5.11. The molecule has 1 aromatic rings. The number of rotatable bonds is 5. The fourth-order valence-corrected chi connectivity index (χ4v) is 1.82. The predicted octanol–water partition coefficient (Wildman–Crippen LogP) is 3.88. The fraction of sp³-hybridized carbons (Fsp3) is 0.600. The molecule has 1 aromatic heterocycles. The summed E-state index contributed by atoms with van der Waals surface area (Å²) in [6.07, 6.45) is 4.82. The summed E-state index contributed by atoms with van der Waals surface area (Å²) in [5, 5.41) is 3.80. The SMILES string of the molecule is CCCC(CC)Nc1ncnc(Cl)c1Br. The van der Waals surface area contributed by atoms with Crippen molar-refractivity contribution in [2.75, 3.05) is 5.32 Å². The first-order chi connectivity index (χ1) is 7.19. The van der Waals surface area contributed by atoms with E-state index >= 15 is 0 Å². The van der Waals surface area contributed by atoms with Gasteiger partial charge in [-0.2, -0.15) is 0 Å². The first-order valence-corrected chi connectivity index (χ1v) is 6.28. The first kappa shape index (κ1) is 12.7. The Hall–Kier alpha value is -0.350. The van der Waals surface area contributed by atoms with Gasteiger partial charge in [-0.3, -0.25) is 0 Å². The van der Waals surface area contributed by atoms with Crippen molar-refractivity contribution in [2.45, 2.75) is 39.2 Å². The van der Waals surface area contributed by atoms with Crippen molar-refractivity contribution in [3.05, 3.63) is 16.0 Å². The summed E-state index contributed by atoms with van der Waals surface area (Å²) in [6, 6.07) is 0.442. The Kier molecular flexibility index (Phi) is 5.32. The van der Waals surface area contributed by atoms with E-state index in [1.807, 2.05) is 0 Å². The summed E-state index contributed by atoms with van der Waals surface area (Å²) < 4.78 is 0.737. The minimum atomic E-state index is 0.442. The van der Waals surface area contributed by atoms with Gasteiger partial charge in [0.1, 0.15) is 17.3 Å². The van der Waals surface area contributed by atoms with Crippen LogP contribution in [-0.4, -0.2) is 16.0 Å². The minimum absolute atomic E-state index is 0.442. The molecule has 5 heteroatoms. The number of anilines is 1. The van der Waals surface area contributed by atoms with Crippen LogP contribution in [0.4, 0.5) is 5.82 Å². The van der Waals surface area contributed by atoms with Gasteiger partial charge >= 0.3 is 0 Å². The lowest BCUT2D eigenvalue weighted by Crippen LogP contribution is -2.19. The highest BCUT2D eigenvalue weighted by molar-refractivity contribution is 9.10. The van der Waals surface area contributed by atoms with Gasteiger partial charge in [-0.15, -0.1) is 0 Å². The molecule has 1 unspecified atom stereocenters. The largest absolute Gasteiger partial charge is 0.366 e. The molecule has 0 spiro atoms. The third kappa shape index (κ3) is 3.61. The van der Waals surface area contributed by atoms with E-state index in [1.165, 1.54) is 6.33 Å². The summed E-state index contributed by atoms with van der Waals surface area (Å²) in [4.78, 5) is 8.04. The van der Waals surface area contributed by atoms with Crippen LogP contribution in [0, 0.1) is 0 Å². The van der Waals surface area contributed by atoms with E-state index in [0.29, 0.717) is 11.2 Å². The van der Waals surface area contributed by atoms with Gasteiger partial charge in [0.25, 0.3) is 0 Å². The van der Waals surface area contributed by atoms with Crippen LogP contribution >= 0.6 is 27.5 Å². The maximum absolute atomic E-state index is 5.88. The molecule has 0 saturated carbocycles. The van der Waals surface area contributed by atoms with E-state index in [4.69, 9.17) is 11.6 Å². The van der Waals surface area contributed by atoms with Crippen LogP contribution in [0.25, 0.3) is 0 Å². The Balaban J connectivity index is 2.74. The van der Waals surface area contributed by atoms with Crippen LogP contribution in [0.3, 0.4) is 0 Å². The highest BCUT2D eigenvalue weighted by atomic mass is 79.9. The molecule has 0 fully saturated rings. The zero-order valence-corrected chi connectivity index (χ0v) is 11.3. The zero-order chi connectivity index (χ0) is 11.3. The highest BCUT2D eigenvalue weighted by Gasteiger charge is 2.10. The Bertz CT molecular complexity index is 320. The van der Waals surface area contributed by atoms with Gasteiger partial charge in [-0.1, -0.05) is 31.9 Å². The van der Waals surface area contributed by atoms with Crippen molar-refractivity contribution >= 4 is 33.3 Å². The van der Waals surface area contributed by atoms with Crippen LogP contribution in [0.2, 0.25) is 5.15 Å². The summed E-state index contributed by atoms with van der Waals surface area (Å²) in [6.45, 7) is 4.33. The summed E-state index contributed by atoms with van der Waals surface area (Å²) in [7, 11) is 0. The fourth-order valence-electron chi connectivity index (χ4n) is 1.37. The van der Waals surface area contributed by atoms with Crippen LogP contribution in [-0.2, 0) is 0 Å². The summed E-state index contributed by atoms with van der Waals surface area (Å²) in [5.74, 6) is 0.773. The van der Waals surface area contributed by atoms with Gasteiger partial charge < -0.3 is 5.32 Å². The van der Waals surface area contributed by atoms with Gasteiger partial charge in [0.15, 0.2) is 0 Å². The van der Waals surface area contributed by atoms with E-state index < -0.39 is 0 Å². The van der Waals surface area contributed by atoms with Gasteiger partial charge in [0, 0.05) is 6.04 Å². The van der Waals surface area contributed by atoms with Crippen LogP contribution in [0.1, 0.15) is 33.1 Å². The molecule has 1 atom stereocenters. The predicted molar refractivity (Wildman–Crippen MR) is 67.4 cm³/mol. The maximum atomic E-state index is 5.88. The number of aromatic nitrogens is 2. The van der Waals surface area contributed by atoms with Crippen LogP contribution in [0.15, 0.2) is 10.8 Å². The monoisotopic (exact) mass is 291 g/mol. The Labute approximate surface area is 104 Å². The number of halogens is 2. The summed E-state index contributed by atoms with van der Waals surface area (Å²) >= 11 is 9.25. The molecule has 1 rings (SSSR count). The quantitative estimate of drug-likeness (QED) is 0.837. The van der Waals surface area contributed by atoms with E-state index in [9.17, 15) is 0 Å². The van der Waals surface area contributed by atoms with Crippen molar-refractivity contribution in [1.29, 1.82) is 0 Å². The maximum Gasteiger partial charge on any atom is 0.148 e. The van der Waals surface area contributed by atoms with E-state index in [2.05, 4.69) is 45.1 Å². The number of nitrogens with zero attached hydrogens (tertiary/aromatic N) is 2.